The lowest BCUT2D eigenvalue weighted by atomic mass is 9.96. The molecule has 2 heterocycles. The summed E-state index contributed by atoms with van der Waals surface area (Å²) < 4.78 is 22.6. The molecule has 0 atom stereocenters. The van der Waals surface area contributed by atoms with Crippen LogP contribution in [0.5, 0.6) is 0 Å². The van der Waals surface area contributed by atoms with E-state index in [4.69, 9.17) is 5.14 Å². The van der Waals surface area contributed by atoms with Crippen molar-refractivity contribution in [2.75, 3.05) is 36.5 Å². The molecule has 5 nitrogen and oxygen atoms in total. The van der Waals surface area contributed by atoms with Crippen molar-refractivity contribution in [3.8, 4) is 0 Å². The van der Waals surface area contributed by atoms with Crippen LogP contribution in [0.2, 0.25) is 0 Å². The molecule has 1 aliphatic rings. The molecule has 0 saturated carbocycles. The Morgan fingerprint density at radius 2 is 1.88 bits per heavy atom. The topological polar surface area (TPSA) is 66.6 Å². The van der Waals surface area contributed by atoms with Crippen LogP contribution in [0, 0.1) is 5.92 Å². The van der Waals surface area contributed by atoms with E-state index in [1.165, 1.54) is 5.00 Å². The number of sulfonamides is 1. The Bertz CT molecular complexity index is 750. The number of thiophene rings is 1. The van der Waals surface area contributed by atoms with Gasteiger partial charge in [0, 0.05) is 32.4 Å². The van der Waals surface area contributed by atoms with Gasteiger partial charge in [-0.25, -0.2) is 13.6 Å². The summed E-state index contributed by atoms with van der Waals surface area (Å²) in [7, 11) is -1.46. The average Bonchev–Trinajstić information content (AvgIpc) is 3.09. The minimum Gasteiger partial charge on any atom is -0.372 e. The molecule has 0 spiro atoms. The van der Waals surface area contributed by atoms with Crippen LogP contribution in [0.1, 0.15) is 12.8 Å². The van der Waals surface area contributed by atoms with E-state index < -0.39 is 10.0 Å². The number of hydrogen-bond acceptors (Lipinski definition) is 5. The maximum absolute atomic E-state index is 11.3. The van der Waals surface area contributed by atoms with Crippen LogP contribution >= 0.6 is 11.3 Å². The molecule has 1 saturated heterocycles. The van der Waals surface area contributed by atoms with Crippen LogP contribution in [0.4, 0.5) is 10.7 Å². The number of piperidine rings is 1. The molecule has 2 N–H and O–H groups in total. The van der Waals surface area contributed by atoms with E-state index in [0.29, 0.717) is 5.92 Å². The standard InChI is InChI=1S/C17H23N3O2S2/c1-19(17-3-2-12-23-17)13-14-8-10-20(11-9-14)15-4-6-16(7-5-15)24(18,21)22/h2-7,12,14H,8-11,13H2,1H3,(H2,18,21,22). The molecule has 0 radical (unpaired) electrons. The minimum atomic E-state index is -3.62. The van der Waals surface area contributed by atoms with Crippen molar-refractivity contribution in [2.45, 2.75) is 17.7 Å². The molecule has 0 unspecified atom stereocenters. The van der Waals surface area contributed by atoms with E-state index in [0.717, 1.165) is 38.2 Å². The number of rotatable bonds is 5. The smallest absolute Gasteiger partial charge is 0.238 e. The first-order valence-electron chi connectivity index (χ1n) is 8.06. The lowest BCUT2D eigenvalue weighted by Crippen LogP contribution is -2.37. The van der Waals surface area contributed by atoms with Gasteiger partial charge in [0.2, 0.25) is 10.0 Å². The SMILES string of the molecule is CN(CC1CCN(c2ccc(S(N)(=O)=O)cc2)CC1)c1cccs1. The summed E-state index contributed by atoms with van der Waals surface area (Å²) in [6, 6.07) is 11.1. The molecule has 1 fully saturated rings. The summed E-state index contributed by atoms with van der Waals surface area (Å²) in [6.07, 6.45) is 2.29. The highest BCUT2D eigenvalue weighted by Gasteiger charge is 2.21. The zero-order chi connectivity index (χ0) is 17.2. The Kier molecular flexibility index (Phi) is 5.12. The summed E-state index contributed by atoms with van der Waals surface area (Å²) in [6.45, 7) is 3.08. The van der Waals surface area contributed by atoms with Gasteiger partial charge in [-0.15, -0.1) is 11.3 Å². The van der Waals surface area contributed by atoms with Gasteiger partial charge in [0.15, 0.2) is 0 Å². The van der Waals surface area contributed by atoms with Crippen LogP contribution in [0.15, 0.2) is 46.7 Å². The van der Waals surface area contributed by atoms with Crippen molar-refractivity contribution in [3.63, 3.8) is 0 Å². The number of benzene rings is 1. The zero-order valence-electron chi connectivity index (χ0n) is 13.8. The van der Waals surface area contributed by atoms with Gasteiger partial charge < -0.3 is 9.80 Å². The second kappa shape index (κ2) is 7.13. The molecule has 0 amide bonds. The summed E-state index contributed by atoms with van der Waals surface area (Å²) in [5.74, 6) is 0.692. The van der Waals surface area contributed by atoms with Gasteiger partial charge in [0.25, 0.3) is 0 Å². The van der Waals surface area contributed by atoms with Gasteiger partial charge in [-0.1, -0.05) is 0 Å². The van der Waals surface area contributed by atoms with Crippen molar-refractivity contribution in [3.05, 3.63) is 41.8 Å². The molecule has 1 aromatic heterocycles. The number of hydrogen-bond donors (Lipinski definition) is 1. The number of primary sulfonamides is 1. The fraction of sp³-hybridized carbons (Fsp3) is 0.412. The highest BCUT2D eigenvalue weighted by atomic mass is 32.2. The van der Waals surface area contributed by atoms with E-state index in [9.17, 15) is 8.42 Å². The number of nitrogens with zero attached hydrogens (tertiary/aromatic N) is 2. The maximum atomic E-state index is 11.3. The Hall–Kier alpha value is -1.57. The molecular weight excluding hydrogens is 342 g/mol. The van der Waals surface area contributed by atoms with Gasteiger partial charge in [0.1, 0.15) is 0 Å². The summed E-state index contributed by atoms with van der Waals surface area (Å²) in [5, 5.41) is 8.57. The van der Waals surface area contributed by atoms with Crippen LogP contribution in [-0.2, 0) is 10.0 Å². The predicted molar refractivity (Wildman–Crippen MR) is 100 cm³/mol. The fourth-order valence-electron chi connectivity index (χ4n) is 3.18. The average molecular weight is 366 g/mol. The molecule has 7 heteroatoms. The first-order valence-corrected chi connectivity index (χ1v) is 10.5. The first-order chi connectivity index (χ1) is 11.4. The molecule has 1 aliphatic heterocycles. The molecule has 130 valence electrons. The number of nitrogens with two attached hydrogens (primary N) is 1. The van der Waals surface area contributed by atoms with Gasteiger partial charge in [0.05, 0.1) is 9.90 Å². The maximum Gasteiger partial charge on any atom is 0.238 e. The van der Waals surface area contributed by atoms with Gasteiger partial charge in [-0.2, -0.15) is 0 Å². The largest absolute Gasteiger partial charge is 0.372 e. The Morgan fingerprint density at radius 1 is 1.21 bits per heavy atom. The van der Waals surface area contributed by atoms with E-state index in [1.807, 2.05) is 12.1 Å². The predicted octanol–water partition coefficient (Wildman–Crippen LogP) is 2.75. The fourth-order valence-corrected chi connectivity index (χ4v) is 4.41. The third kappa shape index (κ3) is 4.09. The second-order valence-electron chi connectivity index (χ2n) is 6.30. The molecular formula is C17H23N3O2S2. The summed E-state index contributed by atoms with van der Waals surface area (Å²) in [5.41, 5.74) is 1.06. The van der Waals surface area contributed by atoms with Crippen molar-refractivity contribution < 1.29 is 8.42 Å². The molecule has 24 heavy (non-hydrogen) atoms. The van der Waals surface area contributed by atoms with Crippen LogP contribution in [-0.4, -0.2) is 35.1 Å². The summed E-state index contributed by atoms with van der Waals surface area (Å²) >= 11 is 1.78. The van der Waals surface area contributed by atoms with Gasteiger partial charge in [-0.05, 0) is 60.5 Å². The Morgan fingerprint density at radius 3 is 2.42 bits per heavy atom. The molecule has 1 aromatic carbocycles. The van der Waals surface area contributed by atoms with Crippen LogP contribution in [0.25, 0.3) is 0 Å². The number of anilines is 2. The lowest BCUT2D eigenvalue weighted by molar-refractivity contribution is 0.409. The van der Waals surface area contributed by atoms with E-state index in [2.05, 4.69) is 34.4 Å². The van der Waals surface area contributed by atoms with Crippen LogP contribution in [0.3, 0.4) is 0 Å². The highest BCUT2D eigenvalue weighted by molar-refractivity contribution is 7.89. The summed E-state index contributed by atoms with van der Waals surface area (Å²) in [4.78, 5) is 4.82. The quantitative estimate of drug-likeness (QED) is 0.885. The Balaban J connectivity index is 1.55. The normalized spacial score (nSPS) is 16.3. The first kappa shape index (κ1) is 17.3. The van der Waals surface area contributed by atoms with E-state index >= 15 is 0 Å². The van der Waals surface area contributed by atoms with E-state index in [-0.39, 0.29) is 4.90 Å². The van der Waals surface area contributed by atoms with E-state index in [1.54, 1.807) is 23.5 Å². The monoisotopic (exact) mass is 365 g/mol. The minimum absolute atomic E-state index is 0.165. The van der Waals surface area contributed by atoms with Gasteiger partial charge in [-0.3, -0.25) is 0 Å². The van der Waals surface area contributed by atoms with Crippen molar-refractivity contribution in [1.82, 2.24) is 0 Å². The van der Waals surface area contributed by atoms with Crippen molar-refractivity contribution >= 4 is 32.0 Å². The lowest BCUT2D eigenvalue weighted by Gasteiger charge is -2.35. The van der Waals surface area contributed by atoms with Crippen molar-refractivity contribution in [2.24, 2.45) is 11.1 Å². The third-order valence-electron chi connectivity index (χ3n) is 4.56. The van der Waals surface area contributed by atoms with Crippen LogP contribution < -0.4 is 14.9 Å². The zero-order valence-corrected chi connectivity index (χ0v) is 15.4. The molecule has 2 aromatic rings. The van der Waals surface area contributed by atoms with Gasteiger partial charge >= 0.3 is 0 Å². The third-order valence-corrected chi connectivity index (χ3v) is 6.47. The van der Waals surface area contributed by atoms with Crippen molar-refractivity contribution in [1.29, 1.82) is 0 Å². The molecule has 0 bridgehead atoms. The molecule has 3 rings (SSSR count). The Labute approximate surface area is 147 Å². The highest BCUT2D eigenvalue weighted by Crippen LogP contribution is 2.27. The second-order valence-corrected chi connectivity index (χ2v) is 8.79. The molecule has 0 aliphatic carbocycles.